The second-order valence-electron chi connectivity index (χ2n) is 4.46. The molecule has 1 aromatic heterocycles. The largest absolute Gasteiger partial charge is 0.228 e. The first kappa shape index (κ1) is 13.6. The number of halogens is 3. The molecule has 0 saturated carbocycles. The zero-order chi connectivity index (χ0) is 14.3. The number of rotatable bonds is 1. The lowest BCUT2D eigenvalue weighted by molar-refractivity contribution is 1.21. The van der Waals surface area contributed by atoms with Crippen molar-refractivity contribution in [3.8, 4) is 11.4 Å². The highest BCUT2D eigenvalue weighted by Crippen LogP contribution is 2.29. The van der Waals surface area contributed by atoms with Crippen LogP contribution in [0.15, 0.2) is 36.4 Å². The molecule has 100 valence electrons. The van der Waals surface area contributed by atoms with Crippen molar-refractivity contribution in [2.75, 3.05) is 0 Å². The van der Waals surface area contributed by atoms with Gasteiger partial charge in [-0.15, -0.1) is 0 Å². The van der Waals surface area contributed by atoms with E-state index in [-0.39, 0.29) is 0 Å². The number of fused-ring (bicyclic) bond motifs is 1. The van der Waals surface area contributed by atoms with Gasteiger partial charge in [0, 0.05) is 21.0 Å². The van der Waals surface area contributed by atoms with E-state index in [9.17, 15) is 0 Å². The lowest BCUT2D eigenvalue weighted by atomic mass is 10.1. The highest BCUT2D eigenvalue weighted by Gasteiger charge is 2.10. The lowest BCUT2D eigenvalue weighted by Crippen LogP contribution is -1.94. The number of nitrogens with zero attached hydrogens (tertiary/aromatic N) is 2. The summed E-state index contributed by atoms with van der Waals surface area (Å²) in [5.74, 6) is 0.582. The maximum absolute atomic E-state index is 6.23. The summed E-state index contributed by atoms with van der Waals surface area (Å²) in [4.78, 5) is 8.90. The number of aromatic nitrogens is 2. The maximum atomic E-state index is 6.23. The van der Waals surface area contributed by atoms with Crippen molar-refractivity contribution < 1.29 is 0 Å². The van der Waals surface area contributed by atoms with E-state index in [0.717, 1.165) is 22.0 Å². The predicted octanol–water partition coefficient (Wildman–Crippen LogP) is 5.57. The van der Waals surface area contributed by atoms with E-state index in [4.69, 9.17) is 34.8 Å². The van der Waals surface area contributed by atoms with Gasteiger partial charge in [0.1, 0.15) is 5.15 Å². The second kappa shape index (κ2) is 5.21. The molecule has 0 N–H and O–H groups in total. The molecule has 0 amide bonds. The fraction of sp³-hybridized carbons (Fsp3) is 0.0667. The molecule has 0 saturated heterocycles. The van der Waals surface area contributed by atoms with E-state index < -0.39 is 0 Å². The average molecular weight is 324 g/mol. The van der Waals surface area contributed by atoms with Crippen molar-refractivity contribution in [2.24, 2.45) is 0 Å². The first-order valence-electron chi connectivity index (χ1n) is 5.94. The van der Waals surface area contributed by atoms with E-state index in [1.54, 1.807) is 12.1 Å². The van der Waals surface area contributed by atoms with Crippen LogP contribution in [0.25, 0.3) is 22.3 Å². The minimum absolute atomic E-state index is 0.391. The summed E-state index contributed by atoms with van der Waals surface area (Å²) in [6.07, 6.45) is 0. The fourth-order valence-electron chi connectivity index (χ4n) is 2.06. The van der Waals surface area contributed by atoms with E-state index >= 15 is 0 Å². The zero-order valence-electron chi connectivity index (χ0n) is 10.5. The fourth-order valence-corrected chi connectivity index (χ4v) is 2.69. The Morgan fingerprint density at radius 2 is 1.55 bits per heavy atom. The molecule has 1 heterocycles. The topological polar surface area (TPSA) is 25.8 Å². The van der Waals surface area contributed by atoms with Crippen LogP contribution in [0.5, 0.6) is 0 Å². The molecule has 3 aromatic rings. The number of hydrogen-bond donors (Lipinski definition) is 0. The second-order valence-corrected chi connectivity index (χ2v) is 5.69. The maximum Gasteiger partial charge on any atom is 0.161 e. The molecule has 0 bridgehead atoms. The molecule has 3 rings (SSSR count). The van der Waals surface area contributed by atoms with Crippen molar-refractivity contribution >= 4 is 45.7 Å². The first-order valence-corrected chi connectivity index (χ1v) is 7.07. The summed E-state index contributed by atoms with van der Waals surface area (Å²) in [5.41, 5.74) is 2.67. The van der Waals surface area contributed by atoms with E-state index in [0.29, 0.717) is 21.0 Å². The molecule has 0 fully saturated rings. The highest BCUT2D eigenvalue weighted by molar-refractivity contribution is 6.35. The van der Waals surface area contributed by atoms with Crippen LogP contribution in [0.2, 0.25) is 15.2 Å². The van der Waals surface area contributed by atoms with Gasteiger partial charge >= 0.3 is 0 Å². The summed E-state index contributed by atoms with van der Waals surface area (Å²) in [7, 11) is 0. The molecular formula is C15H9Cl3N2. The van der Waals surface area contributed by atoms with E-state index in [1.165, 1.54) is 0 Å². The molecule has 0 aliphatic rings. The Morgan fingerprint density at radius 3 is 2.30 bits per heavy atom. The van der Waals surface area contributed by atoms with Crippen molar-refractivity contribution in [1.29, 1.82) is 0 Å². The molecule has 5 heteroatoms. The van der Waals surface area contributed by atoms with Crippen LogP contribution in [0.3, 0.4) is 0 Å². The van der Waals surface area contributed by atoms with Crippen LogP contribution in [-0.4, -0.2) is 9.97 Å². The van der Waals surface area contributed by atoms with Crippen molar-refractivity contribution in [3.05, 3.63) is 57.2 Å². The van der Waals surface area contributed by atoms with E-state index in [2.05, 4.69) is 9.97 Å². The van der Waals surface area contributed by atoms with Gasteiger partial charge in [0.2, 0.25) is 0 Å². The molecule has 2 aromatic carbocycles. The smallest absolute Gasteiger partial charge is 0.161 e. The van der Waals surface area contributed by atoms with Gasteiger partial charge in [-0.25, -0.2) is 9.97 Å². The average Bonchev–Trinajstić information content (AvgIpc) is 2.39. The Labute approximate surface area is 131 Å². The molecular weight excluding hydrogens is 315 g/mol. The molecule has 0 unspecified atom stereocenters. The molecule has 0 aliphatic carbocycles. The third-order valence-electron chi connectivity index (χ3n) is 3.04. The normalized spacial score (nSPS) is 11.0. The van der Waals surface area contributed by atoms with Crippen LogP contribution in [0.1, 0.15) is 5.56 Å². The number of aryl methyl sites for hydroxylation is 1. The Balaban J connectivity index is 2.24. The highest BCUT2D eigenvalue weighted by atomic mass is 35.5. The summed E-state index contributed by atoms with van der Waals surface area (Å²) in [5, 5.41) is 2.43. The zero-order valence-corrected chi connectivity index (χ0v) is 12.8. The van der Waals surface area contributed by atoms with Gasteiger partial charge in [-0.3, -0.25) is 0 Å². The SMILES string of the molecule is Cc1cc(Cl)ccc1-c1nc(Cl)c2cc(Cl)ccc2n1. The predicted molar refractivity (Wildman–Crippen MR) is 84.7 cm³/mol. The third kappa shape index (κ3) is 2.47. The minimum Gasteiger partial charge on any atom is -0.228 e. The minimum atomic E-state index is 0.391. The van der Waals surface area contributed by atoms with Gasteiger partial charge in [0.05, 0.1) is 5.52 Å². The molecule has 0 atom stereocenters. The summed E-state index contributed by atoms with van der Waals surface area (Å²) in [6, 6.07) is 11.0. The summed E-state index contributed by atoms with van der Waals surface area (Å²) < 4.78 is 0. The molecule has 2 nitrogen and oxygen atoms in total. The first-order chi connectivity index (χ1) is 9.54. The van der Waals surface area contributed by atoms with Crippen LogP contribution in [0, 0.1) is 6.92 Å². The third-order valence-corrected chi connectivity index (χ3v) is 3.80. The van der Waals surface area contributed by atoms with Crippen LogP contribution in [0.4, 0.5) is 0 Å². The van der Waals surface area contributed by atoms with Gasteiger partial charge in [0.25, 0.3) is 0 Å². The van der Waals surface area contributed by atoms with Crippen molar-refractivity contribution in [3.63, 3.8) is 0 Å². The lowest BCUT2D eigenvalue weighted by Gasteiger charge is -2.07. The van der Waals surface area contributed by atoms with Crippen LogP contribution < -0.4 is 0 Å². The van der Waals surface area contributed by atoms with E-state index in [1.807, 2.05) is 31.2 Å². The van der Waals surface area contributed by atoms with Gasteiger partial charge in [-0.2, -0.15) is 0 Å². The number of benzene rings is 2. The molecule has 0 spiro atoms. The Bertz CT molecular complexity index is 816. The van der Waals surface area contributed by atoms with Gasteiger partial charge in [-0.1, -0.05) is 34.8 Å². The standard InChI is InChI=1S/C15H9Cl3N2/c1-8-6-9(16)2-4-11(8)15-19-13-5-3-10(17)7-12(13)14(18)20-15/h2-7H,1H3. The quantitative estimate of drug-likeness (QED) is 0.547. The Morgan fingerprint density at radius 1 is 0.850 bits per heavy atom. The monoisotopic (exact) mass is 322 g/mol. The van der Waals surface area contributed by atoms with Crippen molar-refractivity contribution in [1.82, 2.24) is 9.97 Å². The van der Waals surface area contributed by atoms with Gasteiger partial charge in [-0.05, 0) is 48.9 Å². The van der Waals surface area contributed by atoms with Gasteiger partial charge in [0.15, 0.2) is 5.82 Å². The molecule has 0 aliphatic heterocycles. The molecule has 20 heavy (non-hydrogen) atoms. The number of hydrogen-bond acceptors (Lipinski definition) is 2. The summed E-state index contributed by atoms with van der Waals surface area (Å²) in [6.45, 7) is 1.96. The Kier molecular flexibility index (Phi) is 3.55. The Hall–Kier alpha value is -1.35. The van der Waals surface area contributed by atoms with Crippen LogP contribution in [-0.2, 0) is 0 Å². The van der Waals surface area contributed by atoms with Gasteiger partial charge < -0.3 is 0 Å². The van der Waals surface area contributed by atoms with Crippen LogP contribution >= 0.6 is 34.8 Å². The van der Waals surface area contributed by atoms with Crippen molar-refractivity contribution in [2.45, 2.75) is 6.92 Å². The molecule has 0 radical (unpaired) electrons. The summed E-state index contributed by atoms with van der Waals surface area (Å²) >= 11 is 18.2.